The van der Waals surface area contributed by atoms with Crippen molar-refractivity contribution in [2.24, 2.45) is 0 Å². The molecule has 0 spiro atoms. The summed E-state index contributed by atoms with van der Waals surface area (Å²) in [6, 6.07) is 3.77. The molecule has 0 atom stereocenters. The van der Waals surface area contributed by atoms with Crippen LogP contribution in [-0.2, 0) is 14.3 Å². The van der Waals surface area contributed by atoms with E-state index in [1.165, 1.54) is 0 Å². The highest BCUT2D eigenvalue weighted by Gasteiger charge is 2.22. The normalized spacial score (nSPS) is 10.1. The molecule has 19 heavy (non-hydrogen) atoms. The monoisotopic (exact) mass is 262 g/mol. The molecule has 0 saturated carbocycles. The van der Waals surface area contributed by atoms with Gasteiger partial charge in [0.25, 0.3) is 0 Å². The highest BCUT2D eigenvalue weighted by atomic mass is 16.5. The summed E-state index contributed by atoms with van der Waals surface area (Å²) < 4.78 is 4.58. The van der Waals surface area contributed by atoms with E-state index in [1.807, 2.05) is 32.9 Å². The first kappa shape index (κ1) is 15.1. The number of hydrogen-bond acceptors (Lipinski definition) is 4. The molecule has 1 aromatic rings. The van der Waals surface area contributed by atoms with Crippen LogP contribution >= 0.6 is 0 Å². The molecule has 0 N–H and O–H groups in total. The van der Waals surface area contributed by atoms with E-state index in [4.69, 9.17) is 0 Å². The van der Waals surface area contributed by atoms with Crippen LogP contribution in [0.4, 0.5) is 0 Å². The van der Waals surface area contributed by atoms with E-state index < -0.39 is 18.2 Å². The molecule has 0 aromatic heterocycles. The van der Waals surface area contributed by atoms with Crippen LogP contribution < -0.4 is 0 Å². The van der Waals surface area contributed by atoms with Gasteiger partial charge in [-0.1, -0.05) is 17.7 Å². The van der Waals surface area contributed by atoms with E-state index in [9.17, 15) is 14.4 Å². The van der Waals surface area contributed by atoms with E-state index in [-0.39, 0.29) is 12.4 Å². The standard InChI is InChI=1S/C15H18O4/c1-5-19-15(18)13(17)8-12(16)14-10(3)6-9(2)7-11(14)4/h6-7H,5,8H2,1-4H3. The number of ether oxygens (including phenoxy) is 1. The van der Waals surface area contributed by atoms with Crippen molar-refractivity contribution in [3.63, 3.8) is 0 Å². The van der Waals surface area contributed by atoms with Crippen molar-refractivity contribution in [1.29, 1.82) is 0 Å². The summed E-state index contributed by atoms with van der Waals surface area (Å²) in [5, 5.41) is 0. The molecular weight excluding hydrogens is 244 g/mol. The van der Waals surface area contributed by atoms with E-state index in [0.29, 0.717) is 5.56 Å². The van der Waals surface area contributed by atoms with E-state index >= 15 is 0 Å². The number of Topliss-reactive ketones (excluding diaryl/α,β-unsaturated/α-hetero) is 2. The topological polar surface area (TPSA) is 60.4 Å². The average Bonchev–Trinajstić information content (AvgIpc) is 2.27. The number of carbonyl (C=O) groups excluding carboxylic acids is 3. The second-order valence-corrected chi connectivity index (χ2v) is 4.52. The first-order chi connectivity index (χ1) is 8.86. The van der Waals surface area contributed by atoms with Gasteiger partial charge in [-0.25, -0.2) is 4.79 Å². The zero-order chi connectivity index (χ0) is 14.6. The van der Waals surface area contributed by atoms with Gasteiger partial charge < -0.3 is 4.74 Å². The van der Waals surface area contributed by atoms with E-state index in [2.05, 4.69) is 4.74 Å². The maximum atomic E-state index is 12.1. The van der Waals surface area contributed by atoms with Gasteiger partial charge >= 0.3 is 5.97 Å². The largest absolute Gasteiger partial charge is 0.460 e. The van der Waals surface area contributed by atoms with Crippen LogP contribution in [-0.4, -0.2) is 24.1 Å². The van der Waals surface area contributed by atoms with Gasteiger partial charge in [-0.05, 0) is 38.8 Å². The van der Waals surface area contributed by atoms with Crippen LogP contribution in [0.3, 0.4) is 0 Å². The van der Waals surface area contributed by atoms with Crippen molar-refractivity contribution in [1.82, 2.24) is 0 Å². The van der Waals surface area contributed by atoms with Crippen LogP contribution in [0.25, 0.3) is 0 Å². The van der Waals surface area contributed by atoms with Crippen molar-refractivity contribution in [3.8, 4) is 0 Å². The Morgan fingerprint density at radius 1 is 1.05 bits per heavy atom. The molecule has 0 unspecified atom stereocenters. The highest BCUT2D eigenvalue weighted by molar-refractivity contribution is 6.38. The SMILES string of the molecule is CCOC(=O)C(=O)CC(=O)c1c(C)cc(C)cc1C. The van der Waals surface area contributed by atoms with Crippen LogP contribution in [0.1, 0.15) is 40.4 Å². The zero-order valence-electron chi connectivity index (χ0n) is 11.7. The smallest absolute Gasteiger partial charge is 0.375 e. The quantitative estimate of drug-likeness (QED) is 0.353. The summed E-state index contributed by atoms with van der Waals surface area (Å²) in [6.07, 6.45) is -0.441. The Hall–Kier alpha value is -1.97. The molecule has 0 fully saturated rings. The molecule has 1 rings (SSSR count). The first-order valence-electron chi connectivity index (χ1n) is 6.17. The fourth-order valence-corrected chi connectivity index (χ4v) is 2.14. The fourth-order valence-electron chi connectivity index (χ4n) is 2.14. The molecule has 0 saturated heterocycles. The van der Waals surface area contributed by atoms with Gasteiger partial charge in [0.05, 0.1) is 13.0 Å². The lowest BCUT2D eigenvalue weighted by Gasteiger charge is -2.09. The first-order valence-corrected chi connectivity index (χ1v) is 6.17. The summed E-state index contributed by atoms with van der Waals surface area (Å²) in [5.41, 5.74) is 3.21. The number of carbonyl (C=O) groups is 3. The van der Waals surface area contributed by atoms with Gasteiger partial charge in [-0.15, -0.1) is 0 Å². The predicted octanol–water partition coefficient (Wildman–Crippen LogP) is 2.32. The Labute approximate surface area is 112 Å². The Morgan fingerprint density at radius 3 is 2.05 bits per heavy atom. The molecular formula is C15H18O4. The molecule has 0 heterocycles. The van der Waals surface area contributed by atoms with Crippen molar-refractivity contribution in [3.05, 3.63) is 34.4 Å². The summed E-state index contributed by atoms with van der Waals surface area (Å²) in [7, 11) is 0. The van der Waals surface area contributed by atoms with Crippen LogP contribution in [0, 0.1) is 20.8 Å². The van der Waals surface area contributed by atoms with Crippen LogP contribution in [0.2, 0.25) is 0 Å². The maximum Gasteiger partial charge on any atom is 0.375 e. The number of benzene rings is 1. The molecule has 0 aliphatic heterocycles. The lowest BCUT2D eigenvalue weighted by atomic mass is 9.94. The molecule has 0 radical (unpaired) electrons. The number of aryl methyl sites for hydroxylation is 3. The summed E-state index contributed by atoms with van der Waals surface area (Å²) in [6.45, 7) is 7.32. The minimum absolute atomic E-state index is 0.126. The second-order valence-electron chi connectivity index (χ2n) is 4.52. The van der Waals surface area contributed by atoms with Crippen molar-refractivity contribution >= 4 is 17.5 Å². The Kier molecular flexibility index (Phi) is 4.98. The molecule has 0 aliphatic carbocycles. The second kappa shape index (κ2) is 6.27. The van der Waals surface area contributed by atoms with Crippen LogP contribution in [0.5, 0.6) is 0 Å². The molecule has 4 nitrogen and oxygen atoms in total. The molecule has 4 heteroatoms. The van der Waals surface area contributed by atoms with Gasteiger partial charge in [-0.3, -0.25) is 9.59 Å². The van der Waals surface area contributed by atoms with E-state index in [1.54, 1.807) is 6.92 Å². The molecule has 0 aliphatic rings. The minimum atomic E-state index is -0.946. The van der Waals surface area contributed by atoms with Gasteiger partial charge in [-0.2, -0.15) is 0 Å². The molecule has 102 valence electrons. The number of esters is 1. The molecule has 0 bridgehead atoms. The molecule has 0 amide bonds. The van der Waals surface area contributed by atoms with Crippen LogP contribution in [0.15, 0.2) is 12.1 Å². The maximum absolute atomic E-state index is 12.1. The minimum Gasteiger partial charge on any atom is -0.460 e. The van der Waals surface area contributed by atoms with Crippen molar-refractivity contribution in [2.45, 2.75) is 34.1 Å². The third-order valence-electron chi connectivity index (χ3n) is 2.78. The lowest BCUT2D eigenvalue weighted by molar-refractivity contribution is -0.153. The van der Waals surface area contributed by atoms with Crippen molar-refractivity contribution < 1.29 is 19.1 Å². The summed E-state index contributed by atoms with van der Waals surface area (Å²) in [4.78, 5) is 34.8. The Balaban J connectivity index is 2.91. The lowest BCUT2D eigenvalue weighted by Crippen LogP contribution is -2.21. The van der Waals surface area contributed by atoms with Gasteiger partial charge in [0.15, 0.2) is 5.78 Å². The number of hydrogen-bond donors (Lipinski definition) is 0. The fraction of sp³-hybridized carbons (Fsp3) is 0.400. The predicted molar refractivity (Wildman–Crippen MR) is 71.2 cm³/mol. The average molecular weight is 262 g/mol. The zero-order valence-corrected chi connectivity index (χ0v) is 11.7. The summed E-state index contributed by atoms with van der Waals surface area (Å²) in [5.74, 6) is -2.09. The Bertz CT molecular complexity index is 506. The van der Waals surface area contributed by atoms with Gasteiger partial charge in [0.2, 0.25) is 5.78 Å². The third kappa shape index (κ3) is 3.74. The van der Waals surface area contributed by atoms with E-state index in [0.717, 1.165) is 16.7 Å². The summed E-state index contributed by atoms with van der Waals surface area (Å²) >= 11 is 0. The van der Waals surface area contributed by atoms with Gasteiger partial charge in [0, 0.05) is 5.56 Å². The molecule has 1 aromatic carbocycles. The number of rotatable bonds is 5. The van der Waals surface area contributed by atoms with Crippen molar-refractivity contribution in [2.75, 3.05) is 6.61 Å². The number of ketones is 2. The third-order valence-corrected chi connectivity index (χ3v) is 2.78. The highest BCUT2D eigenvalue weighted by Crippen LogP contribution is 2.18. The Morgan fingerprint density at radius 2 is 1.58 bits per heavy atom. The van der Waals surface area contributed by atoms with Gasteiger partial charge in [0.1, 0.15) is 0 Å².